The van der Waals surface area contributed by atoms with E-state index >= 15 is 0 Å². The van der Waals surface area contributed by atoms with E-state index in [1.807, 2.05) is 24.3 Å². The summed E-state index contributed by atoms with van der Waals surface area (Å²) in [6.07, 6.45) is 3.11. The van der Waals surface area contributed by atoms with Crippen LogP contribution in [-0.2, 0) is 9.59 Å². The fraction of sp³-hybridized carbons (Fsp3) is 0.200. The van der Waals surface area contributed by atoms with Gasteiger partial charge in [-0.15, -0.1) is 0 Å². The molecule has 0 spiro atoms. The molecule has 2 amide bonds. The summed E-state index contributed by atoms with van der Waals surface area (Å²) in [4.78, 5) is 24.4. The molecule has 6 nitrogen and oxygen atoms in total. The zero-order chi connectivity index (χ0) is 18.7. The second kappa shape index (κ2) is 6.92. The van der Waals surface area contributed by atoms with E-state index < -0.39 is 5.60 Å². The topological polar surface area (TPSA) is 76.7 Å². The van der Waals surface area contributed by atoms with E-state index in [0.29, 0.717) is 22.9 Å². The number of amides is 2. The van der Waals surface area contributed by atoms with E-state index in [1.54, 1.807) is 45.2 Å². The van der Waals surface area contributed by atoms with Crippen molar-refractivity contribution in [3.63, 3.8) is 0 Å². The summed E-state index contributed by atoms with van der Waals surface area (Å²) in [5, 5.41) is 5.56. The Morgan fingerprint density at radius 3 is 2.77 bits per heavy atom. The summed E-state index contributed by atoms with van der Waals surface area (Å²) >= 11 is 0. The third kappa shape index (κ3) is 3.69. The summed E-state index contributed by atoms with van der Waals surface area (Å²) in [5.41, 5.74) is 0.821. The number of methoxy groups -OCH3 is 1. The lowest BCUT2D eigenvalue weighted by atomic mass is 10.1. The molecule has 1 aliphatic rings. The van der Waals surface area contributed by atoms with Crippen LogP contribution in [0, 0.1) is 0 Å². The van der Waals surface area contributed by atoms with Crippen LogP contribution in [0.1, 0.15) is 19.4 Å². The van der Waals surface area contributed by atoms with E-state index in [1.165, 1.54) is 6.08 Å². The van der Waals surface area contributed by atoms with E-state index in [4.69, 9.17) is 9.47 Å². The molecule has 2 aromatic rings. The van der Waals surface area contributed by atoms with Gasteiger partial charge in [0.05, 0.1) is 12.8 Å². The molecular formula is C20H20N2O4. The monoisotopic (exact) mass is 352 g/mol. The van der Waals surface area contributed by atoms with Gasteiger partial charge in [-0.05, 0) is 49.8 Å². The average Bonchev–Trinajstić information content (AvgIpc) is 2.61. The number of hydrogen-bond donors (Lipinski definition) is 2. The lowest BCUT2D eigenvalue weighted by molar-refractivity contribution is -0.129. The molecule has 2 N–H and O–H groups in total. The normalized spacial score (nSPS) is 15.0. The van der Waals surface area contributed by atoms with Crippen molar-refractivity contribution in [2.24, 2.45) is 0 Å². The molecule has 3 rings (SSSR count). The maximum atomic E-state index is 12.3. The SMILES string of the molecule is COc1cccc(/C=C/C(=O)Nc2cccc3c2NC(=O)C(C)(C)O3)c1. The molecule has 0 aromatic heterocycles. The number of para-hydroxylation sites is 1. The Bertz CT molecular complexity index is 887. The van der Waals surface area contributed by atoms with Crippen molar-refractivity contribution in [2.75, 3.05) is 17.7 Å². The quantitative estimate of drug-likeness (QED) is 0.826. The number of nitrogens with one attached hydrogen (secondary N) is 2. The number of rotatable bonds is 4. The third-order valence-corrected chi connectivity index (χ3v) is 3.96. The summed E-state index contributed by atoms with van der Waals surface area (Å²) in [7, 11) is 1.59. The zero-order valence-electron chi connectivity index (χ0n) is 14.8. The first-order valence-corrected chi connectivity index (χ1v) is 8.15. The van der Waals surface area contributed by atoms with E-state index in [9.17, 15) is 9.59 Å². The second-order valence-corrected chi connectivity index (χ2v) is 6.34. The lowest BCUT2D eigenvalue weighted by Gasteiger charge is -2.32. The molecule has 1 aliphatic heterocycles. The summed E-state index contributed by atoms with van der Waals surface area (Å²) < 4.78 is 10.9. The minimum absolute atomic E-state index is 0.265. The van der Waals surface area contributed by atoms with Crippen LogP contribution in [0.25, 0.3) is 6.08 Å². The first-order valence-electron chi connectivity index (χ1n) is 8.15. The fourth-order valence-electron chi connectivity index (χ4n) is 2.53. The Morgan fingerprint density at radius 1 is 1.23 bits per heavy atom. The molecule has 0 fully saturated rings. The number of anilines is 2. The number of benzene rings is 2. The number of carbonyl (C=O) groups is 2. The molecule has 0 saturated heterocycles. The highest BCUT2D eigenvalue weighted by Gasteiger charge is 2.36. The van der Waals surface area contributed by atoms with E-state index in [-0.39, 0.29) is 11.8 Å². The first kappa shape index (κ1) is 17.5. The van der Waals surface area contributed by atoms with Crippen molar-refractivity contribution in [1.82, 2.24) is 0 Å². The Kier molecular flexibility index (Phi) is 4.67. The molecule has 2 aromatic carbocycles. The van der Waals surface area contributed by atoms with Crippen LogP contribution in [-0.4, -0.2) is 24.5 Å². The first-order chi connectivity index (χ1) is 12.4. The molecule has 134 valence electrons. The largest absolute Gasteiger partial charge is 0.497 e. The predicted molar refractivity (Wildman–Crippen MR) is 100 cm³/mol. The van der Waals surface area contributed by atoms with Crippen LogP contribution in [0.15, 0.2) is 48.5 Å². The second-order valence-electron chi connectivity index (χ2n) is 6.34. The van der Waals surface area contributed by atoms with Crippen molar-refractivity contribution in [3.05, 3.63) is 54.1 Å². The molecule has 0 unspecified atom stereocenters. The van der Waals surface area contributed by atoms with Crippen LogP contribution >= 0.6 is 0 Å². The average molecular weight is 352 g/mol. The molecular weight excluding hydrogens is 332 g/mol. The van der Waals surface area contributed by atoms with Crippen molar-refractivity contribution in [1.29, 1.82) is 0 Å². The van der Waals surface area contributed by atoms with Gasteiger partial charge in [0.25, 0.3) is 5.91 Å². The molecule has 0 aliphatic carbocycles. The predicted octanol–water partition coefficient (Wildman–Crippen LogP) is 3.46. The molecule has 0 saturated carbocycles. The standard InChI is InChI=1S/C20H20N2O4/c1-20(2)19(24)22-18-15(8-5-9-16(18)26-20)21-17(23)11-10-13-6-4-7-14(12-13)25-3/h4-12H,1-3H3,(H,21,23)(H,22,24)/b11-10+. The van der Waals surface area contributed by atoms with Crippen LogP contribution in [0.2, 0.25) is 0 Å². The van der Waals surface area contributed by atoms with E-state index in [2.05, 4.69) is 10.6 Å². The van der Waals surface area contributed by atoms with Gasteiger partial charge in [-0.25, -0.2) is 0 Å². The van der Waals surface area contributed by atoms with Crippen LogP contribution in [0.3, 0.4) is 0 Å². The van der Waals surface area contributed by atoms with Gasteiger partial charge in [-0.3, -0.25) is 9.59 Å². The summed E-state index contributed by atoms with van der Waals surface area (Å²) in [5.74, 6) is 0.648. The smallest absolute Gasteiger partial charge is 0.268 e. The van der Waals surface area contributed by atoms with Crippen molar-refractivity contribution in [2.45, 2.75) is 19.4 Å². The zero-order valence-corrected chi connectivity index (χ0v) is 14.8. The van der Waals surface area contributed by atoms with Crippen molar-refractivity contribution < 1.29 is 19.1 Å². The van der Waals surface area contributed by atoms with Gasteiger partial charge in [0.2, 0.25) is 5.91 Å². The maximum absolute atomic E-state index is 12.3. The van der Waals surface area contributed by atoms with Crippen LogP contribution < -0.4 is 20.1 Å². The molecule has 0 atom stereocenters. The molecule has 1 heterocycles. The Balaban J connectivity index is 1.76. The Morgan fingerprint density at radius 2 is 2.00 bits per heavy atom. The lowest BCUT2D eigenvalue weighted by Crippen LogP contribution is -2.45. The highest BCUT2D eigenvalue weighted by atomic mass is 16.5. The number of fused-ring (bicyclic) bond motifs is 1. The minimum atomic E-state index is -0.956. The summed E-state index contributed by atoms with van der Waals surface area (Å²) in [6.45, 7) is 3.38. The minimum Gasteiger partial charge on any atom is -0.497 e. The van der Waals surface area contributed by atoms with Gasteiger partial charge in [-0.2, -0.15) is 0 Å². The van der Waals surface area contributed by atoms with Gasteiger partial charge in [0, 0.05) is 6.08 Å². The molecule has 0 bridgehead atoms. The van der Waals surface area contributed by atoms with Crippen molar-refractivity contribution in [3.8, 4) is 11.5 Å². The summed E-state index contributed by atoms with van der Waals surface area (Å²) in [6, 6.07) is 12.6. The fourth-order valence-corrected chi connectivity index (χ4v) is 2.53. The van der Waals surface area contributed by atoms with Gasteiger partial charge in [0.1, 0.15) is 17.2 Å². The van der Waals surface area contributed by atoms with Crippen molar-refractivity contribution >= 4 is 29.3 Å². The van der Waals surface area contributed by atoms with Gasteiger partial charge in [0.15, 0.2) is 5.60 Å². The molecule has 26 heavy (non-hydrogen) atoms. The molecule has 6 heteroatoms. The number of ether oxygens (including phenoxy) is 2. The Labute approximate surface area is 151 Å². The highest BCUT2D eigenvalue weighted by molar-refractivity contribution is 6.08. The number of hydrogen-bond acceptors (Lipinski definition) is 4. The van der Waals surface area contributed by atoms with Gasteiger partial charge < -0.3 is 20.1 Å². The Hall–Kier alpha value is -3.28. The van der Waals surface area contributed by atoms with Gasteiger partial charge >= 0.3 is 0 Å². The van der Waals surface area contributed by atoms with Crippen LogP contribution in [0.5, 0.6) is 11.5 Å². The number of carbonyl (C=O) groups excluding carboxylic acids is 2. The van der Waals surface area contributed by atoms with Crippen LogP contribution in [0.4, 0.5) is 11.4 Å². The maximum Gasteiger partial charge on any atom is 0.268 e. The van der Waals surface area contributed by atoms with E-state index in [0.717, 1.165) is 5.56 Å². The highest BCUT2D eigenvalue weighted by Crippen LogP contribution is 2.38. The molecule has 0 radical (unpaired) electrons. The third-order valence-electron chi connectivity index (χ3n) is 3.96. The van der Waals surface area contributed by atoms with Gasteiger partial charge in [-0.1, -0.05) is 18.2 Å².